The third-order valence-electron chi connectivity index (χ3n) is 4.02. The summed E-state index contributed by atoms with van der Waals surface area (Å²) in [6, 6.07) is 5.19. The molecule has 4 nitrogen and oxygen atoms in total. The van der Waals surface area contributed by atoms with E-state index in [1.807, 2.05) is 0 Å². The van der Waals surface area contributed by atoms with Crippen LogP contribution in [0.3, 0.4) is 0 Å². The summed E-state index contributed by atoms with van der Waals surface area (Å²) in [5.41, 5.74) is -3.03. The minimum atomic E-state index is -4.38. The number of fused-ring (bicyclic) bond motifs is 1. The molecule has 0 unspecified atom stereocenters. The molecule has 144 valence electrons. The van der Waals surface area contributed by atoms with E-state index in [-0.39, 0.29) is 28.9 Å². The fourth-order valence-corrected chi connectivity index (χ4v) is 4.76. The standard InChI is InChI=1S/C17H13F4NO3S2/c1-8-10(5-15(24)25)11-4-14(23)12(18)6-13(11)22(8)7-9-2-3-16(26-9)27-17(19,20)21/h2-4,6,23H,5,7H2,1H3,(H,24,25). The first kappa shape index (κ1) is 19.6. The largest absolute Gasteiger partial charge is 0.505 e. The first-order valence-corrected chi connectivity index (χ1v) is 9.25. The molecule has 0 spiro atoms. The molecule has 0 saturated heterocycles. The van der Waals surface area contributed by atoms with Crippen LogP contribution in [0.25, 0.3) is 10.9 Å². The summed E-state index contributed by atoms with van der Waals surface area (Å²) in [5, 5.41) is 19.2. The van der Waals surface area contributed by atoms with Gasteiger partial charge in [-0.15, -0.1) is 11.3 Å². The third-order valence-corrected chi connectivity index (χ3v) is 5.95. The van der Waals surface area contributed by atoms with Crippen molar-refractivity contribution in [1.29, 1.82) is 0 Å². The Balaban J connectivity index is 2.05. The maximum absolute atomic E-state index is 13.9. The van der Waals surface area contributed by atoms with E-state index in [1.54, 1.807) is 17.6 Å². The number of aromatic nitrogens is 1. The molecule has 10 heteroatoms. The molecule has 0 aliphatic heterocycles. The number of thioether (sulfide) groups is 1. The van der Waals surface area contributed by atoms with E-state index in [2.05, 4.69) is 0 Å². The summed E-state index contributed by atoms with van der Waals surface area (Å²) in [5.74, 6) is -2.53. The van der Waals surface area contributed by atoms with E-state index in [0.717, 1.165) is 17.4 Å². The lowest BCUT2D eigenvalue weighted by Crippen LogP contribution is -2.04. The molecule has 0 aliphatic rings. The highest BCUT2D eigenvalue weighted by molar-refractivity contribution is 8.01. The Morgan fingerprint density at radius 3 is 2.63 bits per heavy atom. The van der Waals surface area contributed by atoms with Crippen LogP contribution in [0.1, 0.15) is 16.1 Å². The Morgan fingerprint density at radius 1 is 1.30 bits per heavy atom. The van der Waals surface area contributed by atoms with Crippen LogP contribution < -0.4 is 0 Å². The Morgan fingerprint density at radius 2 is 2.00 bits per heavy atom. The summed E-state index contributed by atoms with van der Waals surface area (Å²) < 4.78 is 53.1. The molecule has 27 heavy (non-hydrogen) atoms. The number of benzene rings is 1. The Labute approximate surface area is 159 Å². The first-order chi connectivity index (χ1) is 12.5. The predicted octanol–water partition coefficient (Wildman–Crippen LogP) is 5.14. The average molecular weight is 419 g/mol. The summed E-state index contributed by atoms with van der Waals surface area (Å²) in [6.45, 7) is 1.82. The van der Waals surface area contributed by atoms with E-state index in [4.69, 9.17) is 5.11 Å². The van der Waals surface area contributed by atoms with Gasteiger partial charge < -0.3 is 14.8 Å². The number of hydrogen-bond donors (Lipinski definition) is 2. The molecule has 0 amide bonds. The van der Waals surface area contributed by atoms with Crippen LogP contribution in [-0.2, 0) is 17.8 Å². The Bertz CT molecular complexity index is 1020. The number of carboxylic acids is 1. The SMILES string of the molecule is Cc1c(CC(=O)O)c2cc(O)c(F)cc2n1Cc1ccc(SC(F)(F)F)s1. The molecule has 3 aromatic rings. The zero-order chi connectivity index (χ0) is 19.9. The van der Waals surface area contributed by atoms with Gasteiger partial charge in [-0.3, -0.25) is 4.79 Å². The molecule has 1 aromatic carbocycles. The van der Waals surface area contributed by atoms with Crippen molar-refractivity contribution in [2.75, 3.05) is 0 Å². The molecular weight excluding hydrogens is 406 g/mol. The van der Waals surface area contributed by atoms with Gasteiger partial charge in [0.15, 0.2) is 11.6 Å². The number of halogens is 4. The second-order valence-electron chi connectivity index (χ2n) is 5.81. The van der Waals surface area contributed by atoms with Crippen LogP contribution in [0, 0.1) is 12.7 Å². The Kier molecular flexibility index (Phi) is 5.13. The number of aliphatic carboxylic acids is 1. The van der Waals surface area contributed by atoms with E-state index in [0.29, 0.717) is 27.0 Å². The van der Waals surface area contributed by atoms with Crippen molar-refractivity contribution in [1.82, 2.24) is 4.57 Å². The maximum Gasteiger partial charge on any atom is 0.447 e. The third kappa shape index (κ3) is 4.22. The second kappa shape index (κ2) is 7.08. The lowest BCUT2D eigenvalue weighted by molar-refractivity contribution is -0.136. The zero-order valence-corrected chi connectivity index (χ0v) is 15.4. The highest BCUT2D eigenvalue weighted by Crippen LogP contribution is 2.41. The van der Waals surface area contributed by atoms with Gasteiger partial charge in [0.1, 0.15) is 0 Å². The first-order valence-electron chi connectivity index (χ1n) is 7.61. The van der Waals surface area contributed by atoms with Gasteiger partial charge in [0, 0.05) is 22.0 Å². The van der Waals surface area contributed by atoms with E-state index in [1.165, 1.54) is 12.1 Å². The molecule has 2 N–H and O–H groups in total. The van der Waals surface area contributed by atoms with Crippen molar-refractivity contribution >= 4 is 40.0 Å². The highest BCUT2D eigenvalue weighted by atomic mass is 32.2. The minimum absolute atomic E-state index is 0.0844. The smallest absolute Gasteiger partial charge is 0.447 e. The number of carboxylic acid groups (broad SMARTS) is 1. The summed E-state index contributed by atoms with van der Waals surface area (Å²) in [4.78, 5) is 11.8. The average Bonchev–Trinajstić information content (AvgIpc) is 3.05. The summed E-state index contributed by atoms with van der Waals surface area (Å²) in [7, 11) is 0. The van der Waals surface area contributed by atoms with Gasteiger partial charge in [-0.25, -0.2) is 4.39 Å². The fourth-order valence-electron chi connectivity index (χ4n) is 2.90. The van der Waals surface area contributed by atoms with Crippen LogP contribution >= 0.6 is 23.1 Å². The molecule has 0 fully saturated rings. The van der Waals surface area contributed by atoms with Crippen LogP contribution in [0.2, 0.25) is 0 Å². The number of thiophene rings is 1. The van der Waals surface area contributed by atoms with Crippen molar-refractivity contribution in [3.05, 3.63) is 46.2 Å². The molecular formula is C17H13F4NO3S2. The molecule has 0 bridgehead atoms. The van der Waals surface area contributed by atoms with Crippen LogP contribution in [-0.4, -0.2) is 26.3 Å². The topological polar surface area (TPSA) is 62.5 Å². The predicted molar refractivity (Wildman–Crippen MR) is 95.0 cm³/mol. The molecule has 0 aliphatic carbocycles. The van der Waals surface area contributed by atoms with Gasteiger partial charge in [-0.2, -0.15) is 13.2 Å². The monoisotopic (exact) mass is 419 g/mol. The number of phenolic OH excluding ortho intramolecular Hbond substituents is 1. The van der Waals surface area contributed by atoms with Gasteiger partial charge in [-0.1, -0.05) is 0 Å². The number of phenols is 1. The molecule has 0 saturated carbocycles. The van der Waals surface area contributed by atoms with E-state index < -0.39 is 23.0 Å². The lowest BCUT2D eigenvalue weighted by atomic mass is 10.1. The van der Waals surface area contributed by atoms with Crippen LogP contribution in [0.4, 0.5) is 17.6 Å². The minimum Gasteiger partial charge on any atom is -0.505 e. The normalized spacial score (nSPS) is 12.0. The molecule has 0 atom stereocenters. The van der Waals surface area contributed by atoms with E-state index >= 15 is 0 Å². The van der Waals surface area contributed by atoms with E-state index in [9.17, 15) is 27.5 Å². The maximum atomic E-state index is 13.9. The van der Waals surface area contributed by atoms with Crippen molar-refractivity contribution in [2.45, 2.75) is 29.6 Å². The van der Waals surface area contributed by atoms with Gasteiger partial charge in [0.25, 0.3) is 0 Å². The molecule has 2 heterocycles. The number of hydrogen-bond acceptors (Lipinski definition) is 4. The van der Waals surface area contributed by atoms with Gasteiger partial charge in [0.05, 0.1) is 22.7 Å². The zero-order valence-electron chi connectivity index (χ0n) is 13.8. The summed E-state index contributed by atoms with van der Waals surface area (Å²) >= 11 is 0.762. The Hall–Kier alpha value is -2.20. The number of rotatable bonds is 5. The van der Waals surface area contributed by atoms with Crippen LogP contribution in [0.15, 0.2) is 28.5 Å². The molecule has 3 rings (SSSR count). The van der Waals surface area contributed by atoms with Crippen LogP contribution in [0.5, 0.6) is 5.75 Å². The van der Waals surface area contributed by atoms with Crippen molar-refractivity contribution in [2.24, 2.45) is 0 Å². The van der Waals surface area contributed by atoms with Crippen molar-refractivity contribution < 1.29 is 32.6 Å². The number of aromatic hydroxyl groups is 1. The quantitative estimate of drug-likeness (QED) is 0.444. The second-order valence-corrected chi connectivity index (χ2v) is 8.34. The summed E-state index contributed by atoms with van der Waals surface area (Å²) in [6.07, 6.45) is -0.319. The van der Waals surface area contributed by atoms with Gasteiger partial charge >= 0.3 is 11.5 Å². The van der Waals surface area contributed by atoms with Gasteiger partial charge in [0.2, 0.25) is 0 Å². The number of carbonyl (C=O) groups is 1. The van der Waals surface area contributed by atoms with Crippen molar-refractivity contribution in [3.8, 4) is 5.75 Å². The fraction of sp³-hybridized carbons (Fsp3) is 0.235. The van der Waals surface area contributed by atoms with Crippen molar-refractivity contribution in [3.63, 3.8) is 0 Å². The number of alkyl halides is 3. The molecule has 0 radical (unpaired) electrons. The highest BCUT2D eigenvalue weighted by Gasteiger charge is 2.30. The number of nitrogens with zero attached hydrogens (tertiary/aromatic N) is 1. The molecule has 2 aromatic heterocycles. The lowest BCUT2D eigenvalue weighted by Gasteiger charge is -2.08. The van der Waals surface area contributed by atoms with Gasteiger partial charge in [-0.05, 0) is 42.4 Å².